The second-order valence-electron chi connectivity index (χ2n) is 5.69. The van der Waals surface area contributed by atoms with Crippen molar-refractivity contribution in [3.8, 4) is 0 Å². The lowest BCUT2D eigenvalue weighted by atomic mass is 10.1. The van der Waals surface area contributed by atoms with Crippen molar-refractivity contribution in [2.45, 2.75) is 56.7 Å². The Morgan fingerprint density at radius 1 is 1.43 bits per heavy atom. The van der Waals surface area contributed by atoms with Crippen LogP contribution in [-0.4, -0.2) is 36.6 Å². The third kappa shape index (κ3) is 3.64. The summed E-state index contributed by atoms with van der Waals surface area (Å²) in [6.07, 6.45) is 9.88. The van der Waals surface area contributed by atoms with Crippen LogP contribution in [0.2, 0.25) is 0 Å². The zero-order valence-corrected chi connectivity index (χ0v) is 13.3. The molecule has 3 rings (SSSR count). The van der Waals surface area contributed by atoms with Crippen LogP contribution in [0, 0.1) is 0 Å². The van der Waals surface area contributed by atoms with Gasteiger partial charge in [0.2, 0.25) is 5.89 Å². The summed E-state index contributed by atoms with van der Waals surface area (Å²) in [4.78, 5) is 4.50. The van der Waals surface area contributed by atoms with E-state index in [2.05, 4.69) is 33.6 Å². The summed E-state index contributed by atoms with van der Waals surface area (Å²) in [5, 5.41) is 13.0. The Kier molecular flexibility index (Phi) is 4.57. The van der Waals surface area contributed by atoms with E-state index in [0.29, 0.717) is 23.5 Å². The van der Waals surface area contributed by atoms with Crippen molar-refractivity contribution >= 4 is 11.8 Å². The molecule has 0 aliphatic heterocycles. The molecule has 1 atom stereocenters. The van der Waals surface area contributed by atoms with Gasteiger partial charge in [0.15, 0.2) is 5.82 Å². The van der Waals surface area contributed by atoms with Crippen LogP contribution >= 0.6 is 11.8 Å². The highest BCUT2D eigenvalue weighted by atomic mass is 32.2. The monoisotopic (exact) mass is 307 g/mol. The highest BCUT2D eigenvalue weighted by Crippen LogP contribution is 2.32. The van der Waals surface area contributed by atoms with Gasteiger partial charge in [-0.05, 0) is 19.1 Å². The normalized spacial score (nSPS) is 17.4. The Labute approximate surface area is 128 Å². The molecule has 0 amide bonds. The summed E-state index contributed by atoms with van der Waals surface area (Å²) in [7, 11) is 0. The second-order valence-corrected chi connectivity index (χ2v) is 6.96. The Bertz CT molecular complexity index is 575. The van der Waals surface area contributed by atoms with Crippen molar-refractivity contribution in [1.29, 1.82) is 0 Å². The average molecular weight is 307 g/mol. The van der Waals surface area contributed by atoms with Gasteiger partial charge in [0, 0.05) is 23.8 Å². The maximum absolute atomic E-state index is 5.38. The summed E-state index contributed by atoms with van der Waals surface area (Å²) < 4.78 is 7.17. The van der Waals surface area contributed by atoms with Gasteiger partial charge in [0.1, 0.15) is 6.54 Å². The molecule has 0 radical (unpaired) electrons. The van der Waals surface area contributed by atoms with Gasteiger partial charge >= 0.3 is 0 Å². The van der Waals surface area contributed by atoms with Crippen LogP contribution in [0.15, 0.2) is 10.7 Å². The van der Waals surface area contributed by atoms with E-state index in [-0.39, 0.29) is 0 Å². The van der Waals surface area contributed by atoms with Crippen molar-refractivity contribution in [3.63, 3.8) is 0 Å². The molecule has 2 aromatic rings. The fourth-order valence-electron chi connectivity index (χ4n) is 2.70. The van der Waals surface area contributed by atoms with Gasteiger partial charge in [-0.25, -0.2) is 4.68 Å². The van der Waals surface area contributed by atoms with Crippen molar-refractivity contribution in [1.82, 2.24) is 25.1 Å². The summed E-state index contributed by atoms with van der Waals surface area (Å²) >= 11 is 1.83. The minimum atomic E-state index is 0.458. The molecule has 7 heteroatoms. The molecule has 1 saturated carbocycles. The van der Waals surface area contributed by atoms with Gasteiger partial charge in [0.25, 0.3) is 0 Å². The van der Waals surface area contributed by atoms with Crippen LogP contribution in [-0.2, 0) is 13.0 Å². The third-order valence-electron chi connectivity index (χ3n) is 3.98. The molecule has 1 aliphatic carbocycles. The lowest BCUT2D eigenvalue weighted by Crippen LogP contribution is -2.03. The van der Waals surface area contributed by atoms with E-state index in [1.807, 2.05) is 18.0 Å². The van der Waals surface area contributed by atoms with Crippen molar-refractivity contribution in [2.24, 2.45) is 0 Å². The standard InChI is InChI=1S/C14H21N5OS/c1-10(21-2)7-12-8-19(18-16-12)9-13-15-14(20-17-13)11-5-3-4-6-11/h8,10-11H,3-7,9H2,1-2H3. The molecule has 21 heavy (non-hydrogen) atoms. The quantitative estimate of drug-likeness (QED) is 0.817. The number of nitrogens with zero attached hydrogens (tertiary/aromatic N) is 5. The molecular weight excluding hydrogens is 286 g/mol. The first-order valence-electron chi connectivity index (χ1n) is 7.49. The van der Waals surface area contributed by atoms with Crippen molar-refractivity contribution < 1.29 is 4.52 Å². The second kappa shape index (κ2) is 6.60. The van der Waals surface area contributed by atoms with E-state index in [1.165, 1.54) is 25.7 Å². The highest BCUT2D eigenvalue weighted by molar-refractivity contribution is 7.99. The number of thioether (sulfide) groups is 1. The Balaban J connectivity index is 1.61. The first-order chi connectivity index (χ1) is 10.2. The van der Waals surface area contributed by atoms with Crippen LogP contribution in [0.3, 0.4) is 0 Å². The fourth-order valence-corrected chi connectivity index (χ4v) is 3.04. The minimum Gasteiger partial charge on any atom is -0.339 e. The molecule has 1 fully saturated rings. The van der Waals surface area contributed by atoms with Crippen LogP contribution in [0.25, 0.3) is 0 Å². The third-order valence-corrected chi connectivity index (χ3v) is 4.95. The van der Waals surface area contributed by atoms with Gasteiger partial charge in [-0.1, -0.05) is 30.1 Å². The van der Waals surface area contributed by atoms with Gasteiger partial charge in [-0.15, -0.1) is 5.10 Å². The van der Waals surface area contributed by atoms with Crippen LogP contribution in [0.5, 0.6) is 0 Å². The molecule has 0 N–H and O–H groups in total. The first-order valence-corrected chi connectivity index (χ1v) is 8.77. The summed E-state index contributed by atoms with van der Waals surface area (Å²) in [6, 6.07) is 0. The summed E-state index contributed by atoms with van der Waals surface area (Å²) in [5.41, 5.74) is 1.01. The molecule has 2 aromatic heterocycles. The van der Waals surface area contributed by atoms with E-state index in [9.17, 15) is 0 Å². The highest BCUT2D eigenvalue weighted by Gasteiger charge is 2.23. The van der Waals surface area contributed by atoms with Crippen LogP contribution in [0.1, 0.15) is 55.9 Å². The molecule has 2 heterocycles. The number of rotatable bonds is 6. The maximum Gasteiger partial charge on any atom is 0.229 e. The van der Waals surface area contributed by atoms with Crippen LogP contribution in [0.4, 0.5) is 0 Å². The van der Waals surface area contributed by atoms with E-state index < -0.39 is 0 Å². The Morgan fingerprint density at radius 2 is 2.24 bits per heavy atom. The van der Waals surface area contributed by atoms with E-state index in [0.717, 1.165) is 18.0 Å². The topological polar surface area (TPSA) is 69.6 Å². The Hall–Kier alpha value is -1.37. The van der Waals surface area contributed by atoms with Crippen molar-refractivity contribution in [3.05, 3.63) is 23.6 Å². The zero-order valence-electron chi connectivity index (χ0n) is 12.5. The molecule has 1 aliphatic rings. The van der Waals surface area contributed by atoms with Gasteiger partial charge < -0.3 is 4.52 Å². The molecule has 0 aromatic carbocycles. The average Bonchev–Trinajstić information content (AvgIpc) is 3.19. The van der Waals surface area contributed by atoms with E-state index in [4.69, 9.17) is 4.52 Å². The largest absolute Gasteiger partial charge is 0.339 e. The van der Waals surface area contributed by atoms with Crippen LogP contribution < -0.4 is 0 Å². The predicted molar refractivity (Wildman–Crippen MR) is 81.3 cm³/mol. The lowest BCUT2D eigenvalue weighted by molar-refractivity contribution is 0.349. The first kappa shape index (κ1) is 14.6. The van der Waals surface area contributed by atoms with Gasteiger partial charge in [-0.3, -0.25) is 0 Å². The summed E-state index contributed by atoms with van der Waals surface area (Å²) in [5.74, 6) is 1.94. The molecule has 114 valence electrons. The SMILES string of the molecule is CSC(C)Cc1cn(Cc2noc(C3CCCC3)n2)nn1. The zero-order chi connectivity index (χ0) is 14.7. The molecular formula is C14H21N5OS. The maximum atomic E-state index is 5.38. The molecule has 6 nitrogen and oxygen atoms in total. The van der Waals surface area contributed by atoms with Crippen molar-refractivity contribution in [2.75, 3.05) is 6.26 Å². The lowest BCUT2D eigenvalue weighted by Gasteiger charge is -2.02. The number of hydrogen-bond acceptors (Lipinski definition) is 6. The Morgan fingerprint density at radius 3 is 3.00 bits per heavy atom. The van der Waals surface area contributed by atoms with Gasteiger partial charge in [-0.2, -0.15) is 16.7 Å². The van der Waals surface area contributed by atoms with E-state index >= 15 is 0 Å². The minimum absolute atomic E-state index is 0.458. The van der Waals surface area contributed by atoms with Gasteiger partial charge in [0.05, 0.1) is 5.69 Å². The summed E-state index contributed by atoms with van der Waals surface area (Å²) in [6.45, 7) is 2.72. The molecule has 0 saturated heterocycles. The smallest absolute Gasteiger partial charge is 0.229 e. The molecule has 0 spiro atoms. The number of hydrogen-bond donors (Lipinski definition) is 0. The number of aromatic nitrogens is 5. The molecule has 0 bridgehead atoms. The molecule has 1 unspecified atom stereocenters. The predicted octanol–water partition coefficient (Wildman–Crippen LogP) is 2.66. The van der Waals surface area contributed by atoms with E-state index in [1.54, 1.807) is 4.68 Å². The fraction of sp³-hybridized carbons (Fsp3) is 0.714.